The van der Waals surface area contributed by atoms with Gasteiger partial charge in [-0.25, -0.2) is 0 Å². The van der Waals surface area contributed by atoms with E-state index in [9.17, 15) is 15.3 Å². The number of hydrogen-bond donors (Lipinski definition) is 1. The lowest BCUT2D eigenvalue weighted by atomic mass is 10.1. The van der Waals surface area contributed by atoms with Crippen molar-refractivity contribution in [2.24, 2.45) is 0 Å². The zero-order valence-electron chi connectivity index (χ0n) is 15.5. The maximum Gasteiger partial charge on any atom is 0.262 e. The van der Waals surface area contributed by atoms with Crippen LogP contribution in [0, 0.1) is 22.7 Å². The Labute approximate surface area is 164 Å². The minimum absolute atomic E-state index is 0.0559. The molecule has 5 heteroatoms. The van der Waals surface area contributed by atoms with E-state index >= 15 is 0 Å². The fourth-order valence-electron chi connectivity index (χ4n) is 3.28. The van der Waals surface area contributed by atoms with Crippen molar-refractivity contribution in [2.45, 2.75) is 38.3 Å². The highest BCUT2D eigenvalue weighted by Gasteiger charge is 2.19. The Morgan fingerprint density at radius 3 is 2.57 bits per heavy atom. The molecule has 0 aromatic heterocycles. The van der Waals surface area contributed by atoms with Crippen LogP contribution in [-0.4, -0.2) is 11.9 Å². The van der Waals surface area contributed by atoms with Crippen molar-refractivity contribution < 1.29 is 9.53 Å². The number of nitrogens with zero attached hydrogens (tertiary/aromatic N) is 2. The van der Waals surface area contributed by atoms with E-state index in [-0.39, 0.29) is 24.1 Å². The van der Waals surface area contributed by atoms with Gasteiger partial charge in [-0.3, -0.25) is 4.79 Å². The summed E-state index contributed by atoms with van der Waals surface area (Å²) < 4.78 is 5.89. The fraction of sp³-hybridized carbons (Fsp3) is 0.261. The molecular formula is C23H21N3O2. The second-order valence-electron chi connectivity index (χ2n) is 6.72. The van der Waals surface area contributed by atoms with Gasteiger partial charge in [0.05, 0.1) is 11.6 Å². The molecule has 28 heavy (non-hydrogen) atoms. The van der Waals surface area contributed by atoms with Gasteiger partial charge in [-0.1, -0.05) is 49.2 Å². The van der Waals surface area contributed by atoms with Gasteiger partial charge >= 0.3 is 0 Å². The average molecular weight is 371 g/mol. The predicted molar refractivity (Wildman–Crippen MR) is 106 cm³/mol. The van der Waals surface area contributed by atoms with Gasteiger partial charge < -0.3 is 10.1 Å². The van der Waals surface area contributed by atoms with Crippen LogP contribution in [0.5, 0.6) is 5.75 Å². The first-order chi connectivity index (χ1) is 13.7. The smallest absolute Gasteiger partial charge is 0.262 e. The Morgan fingerprint density at radius 2 is 1.82 bits per heavy atom. The van der Waals surface area contributed by atoms with E-state index in [0.717, 1.165) is 31.2 Å². The molecule has 140 valence electrons. The standard InChI is InChI=1S/C23H21N3O2/c24-14-18-8-1-2-9-19(18)16-28-22-12-6-3-7-17(22)13-20(15-25)23(27)26-21-10-4-5-11-21/h1-3,6-9,12-13,21H,4-5,10-11,16H2,(H,26,27)/b20-13+. The van der Waals surface area contributed by atoms with Crippen LogP contribution in [0.2, 0.25) is 0 Å². The lowest BCUT2D eigenvalue weighted by Gasteiger charge is -2.12. The van der Waals surface area contributed by atoms with Gasteiger partial charge in [0.15, 0.2) is 0 Å². The molecule has 0 aliphatic heterocycles. The number of rotatable bonds is 6. The van der Waals surface area contributed by atoms with Crippen LogP contribution in [0.3, 0.4) is 0 Å². The van der Waals surface area contributed by atoms with E-state index in [2.05, 4.69) is 11.4 Å². The molecule has 2 aromatic carbocycles. The number of benzene rings is 2. The SMILES string of the molecule is N#C/C(=C\c1ccccc1OCc1ccccc1C#N)C(=O)NC1CCCC1. The summed E-state index contributed by atoms with van der Waals surface area (Å²) in [5, 5.41) is 21.6. The van der Waals surface area contributed by atoms with Crippen molar-refractivity contribution in [3.05, 3.63) is 70.8 Å². The lowest BCUT2D eigenvalue weighted by molar-refractivity contribution is -0.117. The van der Waals surface area contributed by atoms with Gasteiger partial charge in [-0.2, -0.15) is 10.5 Å². The van der Waals surface area contributed by atoms with E-state index in [1.54, 1.807) is 30.3 Å². The number of carbonyl (C=O) groups excluding carboxylic acids is 1. The monoisotopic (exact) mass is 371 g/mol. The third kappa shape index (κ3) is 4.78. The first-order valence-electron chi connectivity index (χ1n) is 9.33. The Kier molecular flexibility index (Phi) is 6.44. The van der Waals surface area contributed by atoms with Crippen LogP contribution in [0.1, 0.15) is 42.4 Å². The van der Waals surface area contributed by atoms with Crippen LogP contribution in [-0.2, 0) is 11.4 Å². The van der Waals surface area contributed by atoms with Gasteiger partial charge in [0, 0.05) is 17.2 Å². The molecule has 1 amide bonds. The number of amides is 1. The highest BCUT2D eigenvalue weighted by Crippen LogP contribution is 2.23. The van der Waals surface area contributed by atoms with Gasteiger partial charge in [0.25, 0.3) is 5.91 Å². The molecule has 1 fully saturated rings. The highest BCUT2D eigenvalue weighted by molar-refractivity contribution is 6.02. The van der Waals surface area contributed by atoms with E-state index in [0.29, 0.717) is 16.9 Å². The number of nitrogens with one attached hydrogen (secondary N) is 1. The number of para-hydroxylation sites is 1. The molecule has 0 spiro atoms. The lowest BCUT2D eigenvalue weighted by Crippen LogP contribution is -2.33. The predicted octanol–water partition coefficient (Wildman–Crippen LogP) is 4.10. The molecule has 0 saturated heterocycles. The molecule has 0 bridgehead atoms. The molecule has 0 atom stereocenters. The summed E-state index contributed by atoms with van der Waals surface area (Å²) in [6, 6.07) is 18.8. The van der Waals surface area contributed by atoms with E-state index in [1.807, 2.05) is 30.3 Å². The molecule has 0 unspecified atom stereocenters. The molecular weight excluding hydrogens is 350 g/mol. The summed E-state index contributed by atoms with van der Waals surface area (Å²) in [7, 11) is 0. The number of nitriles is 2. The van der Waals surface area contributed by atoms with Crippen LogP contribution >= 0.6 is 0 Å². The Hall–Kier alpha value is -3.57. The van der Waals surface area contributed by atoms with Gasteiger partial charge in [0.2, 0.25) is 0 Å². The van der Waals surface area contributed by atoms with Gasteiger partial charge in [0.1, 0.15) is 24.0 Å². The third-order valence-electron chi connectivity index (χ3n) is 4.80. The van der Waals surface area contributed by atoms with Crippen molar-refractivity contribution >= 4 is 12.0 Å². The molecule has 2 aromatic rings. The molecule has 1 aliphatic carbocycles. The maximum absolute atomic E-state index is 12.4. The molecule has 0 heterocycles. The summed E-state index contributed by atoms with van der Waals surface area (Å²) in [6.07, 6.45) is 5.69. The fourth-order valence-corrected chi connectivity index (χ4v) is 3.28. The Balaban J connectivity index is 1.76. The maximum atomic E-state index is 12.4. The molecule has 5 nitrogen and oxygen atoms in total. The molecule has 3 rings (SSSR count). The largest absolute Gasteiger partial charge is 0.488 e. The first kappa shape index (κ1) is 19.2. The zero-order chi connectivity index (χ0) is 19.8. The number of carbonyl (C=O) groups is 1. The first-order valence-corrected chi connectivity index (χ1v) is 9.33. The summed E-state index contributed by atoms with van der Waals surface area (Å²) >= 11 is 0. The molecule has 0 radical (unpaired) electrons. The molecule has 1 aliphatic rings. The molecule has 1 N–H and O–H groups in total. The van der Waals surface area contributed by atoms with E-state index < -0.39 is 0 Å². The summed E-state index contributed by atoms with van der Waals surface area (Å²) in [5.41, 5.74) is 2.04. The van der Waals surface area contributed by atoms with E-state index in [4.69, 9.17) is 4.74 Å². The van der Waals surface area contributed by atoms with Crippen molar-refractivity contribution in [1.29, 1.82) is 10.5 Å². The number of hydrogen-bond acceptors (Lipinski definition) is 4. The third-order valence-corrected chi connectivity index (χ3v) is 4.80. The Bertz CT molecular complexity index is 960. The van der Waals surface area contributed by atoms with Crippen LogP contribution in [0.25, 0.3) is 6.08 Å². The topological polar surface area (TPSA) is 85.9 Å². The van der Waals surface area contributed by atoms with Gasteiger partial charge in [-0.05, 0) is 31.1 Å². The van der Waals surface area contributed by atoms with Crippen molar-refractivity contribution in [3.63, 3.8) is 0 Å². The quantitative estimate of drug-likeness (QED) is 0.612. The van der Waals surface area contributed by atoms with Gasteiger partial charge in [-0.15, -0.1) is 0 Å². The summed E-state index contributed by atoms with van der Waals surface area (Å²) in [4.78, 5) is 12.4. The van der Waals surface area contributed by atoms with Crippen molar-refractivity contribution in [1.82, 2.24) is 5.32 Å². The normalized spacial score (nSPS) is 14.1. The van der Waals surface area contributed by atoms with Crippen LogP contribution in [0.15, 0.2) is 54.1 Å². The highest BCUT2D eigenvalue weighted by atomic mass is 16.5. The summed E-state index contributed by atoms with van der Waals surface area (Å²) in [6.45, 7) is 0.227. The van der Waals surface area contributed by atoms with Crippen LogP contribution < -0.4 is 10.1 Å². The second kappa shape index (κ2) is 9.39. The second-order valence-corrected chi connectivity index (χ2v) is 6.72. The number of ether oxygens (including phenoxy) is 1. The summed E-state index contributed by atoms with van der Waals surface area (Å²) in [5.74, 6) is 0.204. The minimum Gasteiger partial charge on any atom is -0.488 e. The zero-order valence-corrected chi connectivity index (χ0v) is 15.5. The molecule has 1 saturated carbocycles. The van der Waals surface area contributed by atoms with E-state index in [1.165, 1.54) is 0 Å². The minimum atomic E-state index is -0.348. The van der Waals surface area contributed by atoms with Crippen molar-refractivity contribution in [3.8, 4) is 17.9 Å². The van der Waals surface area contributed by atoms with Crippen LogP contribution in [0.4, 0.5) is 0 Å². The van der Waals surface area contributed by atoms with Crippen molar-refractivity contribution in [2.75, 3.05) is 0 Å². The Morgan fingerprint density at radius 1 is 1.11 bits per heavy atom. The average Bonchev–Trinajstić information content (AvgIpc) is 3.24.